The number of aldehydes is 1. The van der Waals surface area contributed by atoms with Gasteiger partial charge in [0.15, 0.2) is 12.1 Å². The third kappa shape index (κ3) is 2.41. The topological polar surface area (TPSA) is 34.1 Å². The van der Waals surface area contributed by atoms with Crippen LogP contribution in [0.3, 0.4) is 0 Å². The highest BCUT2D eigenvalue weighted by Gasteiger charge is 2.16. The van der Waals surface area contributed by atoms with E-state index in [1.54, 1.807) is 18.2 Å². The van der Waals surface area contributed by atoms with Crippen molar-refractivity contribution in [3.63, 3.8) is 0 Å². The van der Waals surface area contributed by atoms with E-state index in [4.69, 9.17) is 0 Å². The minimum Gasteiger partial charge on any atom is -0.298 e. The SMILES string of the molecule is O=Cc1cccc(C(=O)c2cccc3ccccc23)c1Br. The van der Waals surface area contributed by atoms with Crippen LogP contribution in [0.5, 0.6) is 0 Å². The van der Waals surface area contributed by atoms with Gasteiger partial charge in [-0.15, -0.1) is 0 Å². The molecule has 0 aromatic heterocycles. The minimum atomic E-state index is -0.0950. The van der Waals surface area contributed by atoms with Crippen molar-refractivity contribution < 1.29 is 9.59 Å². The molecule has 0 saturated heterocycles. The first-order valence-electron chi connectivity index (χ1n) is 6.48. The lowest BCUT2D eigenvalue weighted by Crippen LogP contribution is -2.04. The number of hydrogen-bond acceptors (Lipinski definition) is 2. The van der Waals surface area contributed by atoms with Crippen LogP contribution < -0.4 is 0 Å². The highest BCUT2D eigenvalue weighted by molar-refractivity contribution is 9.10. The molecule has 0 bridgehead atoms. The minimum absolute atomic E-state index is 0.0950. The molecule has 2 nitrogen and oxygen atoms in total. The Balaban J connectivity index is 2.20. The summed E-state index contributed by atoms with van der Waals surface area (Å²) in [5.41, 5.74) is 1.61. The molecule has 0 aliphatic carbocycles. The number of fused-ring (bicyclic) bond motifs is 1. The smallest absolute Gasteiger partial charge is 0.194 e. The maximum absolute atomic E-state index is 12.8. The summed E-state index contributed by atoms with van der Waals surface area (Å²) in [5, 5.41) is 1.93. The van der Waals surface area contributed by atoms with Gasteiger partial charge in [-0.1, -0.05) is 54.6 Å². The molecular formula is C18H11BrO2. The summed E-state index contributed by atoms with van der Waals surface area (Å²) in [7, 11) is 0. The van der Waals surface area contributed by atoms with Crippen molar-refractivity contribution in [2.45, 2.75) is 0 Å². The maximum Gasteiger partial charge on any atom is 0.194 e. The standard InChI is InChI=1S/C18H11BrO2/c19-17-13(11-20)7-4-10-16(17)18(21)15-9-3-6-12-5-1-2-8-14(12)15/h1-11H. The van der Waals surface area contributed by atoms with Crippen molar-refractivity contribution in [2.24, 2.45) is 0 Å². The van der Waals surface area contributed by atoms with Gasteiger partial charge in [0.25, 0.3) is 0 Å². The molecule has 0 heterocycles. The summed E-state index contributed by atoms with van der Waals surface area (Å²) < 4.78 is 0.540. The van der Waals surface area contributed by atoms with Gasteiger partial charge < -0.3 is 0 Å². The van der Waals surface area contributed by atoms with Gasteiger partial charge in [-0.25, -0.2) is 0 Å². The lowest BCUT2D eigenvalue weighted by atomic mass is 9.96. The zero-order valence-electron chi connectivity index (χ0n) is 11.0. The molecule has 0 unspecified atom stereocenters. The van der Waals surface area contributed by atoms with Crippen LogP contribution in [0.1, 0.15) is 26.3 Å². The van der Waals surface area contributed by atoms with E-state index in [1.165, 1.54) is 0 Å². The molecule has 3 heteroatoms. The van der Waals surface area contributed by atoms with Crippen LogP contribution in [0, 0.1) is 0 Å². The zero-order valence-corrected chi connectivity index (χ0v) is 12.6. The van der Waals surface area contributed by atoms with Crippen LogP contribution >= 0.6 is 15.9 Å². The van der Waals surface area contributed by atoms with Gasteiger partial charge in [0.05, 0.1) is 0 Å². The molecule has 0 N–H and O–H groups in total. The summed E-state index contributed by atoms with van der Waals surface area (Å²) in [6.45, 7) is 0. The van der Waals surface area contributed by atoms with E-state index in [2.05, 4.69) is 15.9 Å². The average Bonchev–Trinajstić information content (AvgIpc) is 2.54. The van der Waals surface area contributed by atoms with E-state index in [9.17, 15) is 9.59 Å². The molecule has 0 atom stereocenters. The Bertz CT molecular complexity index is 847. The molecule has 3 aromatic rings. The van der Waals surface area contributed by atoms with Crippen molar-refractivity contribution in [2.75, 3.05) is 0 Å². The Hall–Kier alpha value is -2.26. The summed E-state index contributed by atoms with van der Waals surface area (Å²) in [5.74, 6) is -0.0950. The van der Waals surface area contributed by atoms with E-state index < -0.39 is 0 Å². The molecule has 0 radical (unpaired) electrons. The van der Waals surface area contributed by atoms with Crippen LogP contribution in [0.2, 0.25) is 0 Å². The van der Waals surface area contributed by atoms with E-state index >= 15 is 0 Å². The average molecular weight is 339 g/mol. The first-order chi connectivity index (χ1) is 10.2. The second kappa shape index (κ2) is 5.62. The van der Waals surface area contributed by atoms with Crippen molar-refractivity contribution in [1.29, 1.82) is 0 Å². The fraction of sp³-hybridized carbons (Fsp3) is 0. The fourth-order valence-electron chi connectivity index (χ4n) is 2.38. The lowest BCUT2D eigenvalue weighted by molar-refractivity contribution is 0.103. The van der Waals surface area contributed by atoms with Crippen molar-refractivity contribution in [3.05, 3.63) is 81.8 Å². The normalized spacial score (nSPS) is 10.5. The third-order valence-corrected chi connectivity index (χ3v) is 4.32. The molecule has 3 rings (SSSR count). The van der Waals surface area contributed by atoms with Crippen LogP contribution in [0.15, 0.2) is 65.1 Å². The Labute approximate surface area is 130 Å². The molecule has 0 fully saturated rings. The Morgan fingerprint density at radius 1 is 0.857 bits per heavy atom. The molecular weight excluding hydrogens is 328 g/mol. The molecule has 21 heavy (non-hydrogen) atoms. The van der Waals surface area contributed by atoms with Crippen LogP contribution in [-0.4, -0.2) is 12.1 Å². The predicted molar refractivity (Wildman–Crippen MR) is 86.9 cm³/mol. The van der Waals surface area contributed by atoms with Gasteiger partial charge in [-0.05, 0) is 32.8 Å². The third-order valence-electron chi connectivity index (χ3n) is 3.43. The summed E-state index contributed by atoms with van der Waals surface area (Å²) in [6.07, 6.45) is 0.740. The molecule has 0 aliphatic rings. The Morgan fingerprint density at radius 3 is 2.33 bits per heavy atom. The number of rotatable bonds is 3. The van der Waals surface area contributed by atoms with E-state index in [0.29, 0.717) is 21.2 Å². The summed E-state index contributed by atoms with van der Waals surface area (Å²) in [4.78, 5) is 23.8. The van der Waals surface area contributed by atoms with Crippen molar-refractivity contribution in [1.82, 2.24) is 0 Å². The molecule has 0 amide bonds. The quantitative estimate of drug-likeness (QED) is 0.514. The van der Waals surface area contributed by atoms with E-state index in [-0.39, 0.29) is 5.78 Å². The van der Waals surface area contributed by atoms with E-state index in [1.807, 2.05) is 42.5 Å². The van der Waals surface area contributed by atoms with Gasteiger partial charge in [-0.3, -0.25) is 9.59 Å². The van der Waals surface area contributed by atoms with Gasteiger partial charge in [-0.2, -0.15) is 0 Å². The second-order valence-corrected chi connectivity index (χ2v) is 5.48. The summed E-state index contributed by atoms with van der Waals surface area (Å²) >= 11 is 3.35. The van der Waals surface area contributed by atoms with Gasteiger partial charge in [0, 0.05) is 21.2 Å². The second-order valence-electron chi connectivity index (χ2n) is 4.68. The van der Waals surface area contributed by atoms with Gasteiger partial charge >= 0.3 is 0 Å². The highest BCUT2D eigenvalue weighted by Crippen LogP contribution is 2.26. The Kier molecular flexibility index (Phi) is 3.67. The zero-order chi connectivity index (χ0) is 14.8. The van der Waals surface area contributed by atoms with Crippen molar-refractivity contribution in [3.8, 4) is 0 Å². The molecule has 0 spiro atoms. The first kappa shape index (κ1) is 13.7. The fourth-order valence-corrected chi connectivity index (χ4v) is 2.92. The van der Waals surface area contributed by atoms with Gasteiger partial charge in [0.2, 0.25) is 0 Å². The van der Waals surface area contributed by atoms with Crippen molar-refractivity contribution >= 4 is 38.8 Å². The molecule has 102 valence electrons. The number of carbonyl (C=O) groups is 2. The van der Waals surface area contributed by atoms with Gasteiger partial charge in [0.1, 0.15) is 0 Å². The largest absolute Gasteiger partial charge is 0.298 e. The summed E-state index contributed by atoms with van der Waals surface area (Å²) in [6, 6.07) is 18.5. The molecule has 0 saturated carbocycles. The number of ketones is 1. The maximum atomic E-state index is 12.8. The number of hydrogen-bond donors (Lipinski definition) is 0. The highest BCUT2D eigenvalue weighted by atomic mass is 79.9. The number of carbonyl (C=O) groups excluding carboxylic acids is 2. The van der Waals surface area contributed by atoms with Crippen LogP contribution in [-0.2, 0) is 0 Å². The first-order valence-corrected chi connectivity index (χ1v) is 7.28. The predicted octanol–water partition coefficient (Wildman–Crippen LogP) is 4.65. The monoisotopic (exact) mass is 338 g/mol. The number of halogens is 1. The van der Waals surface area contributed by atoms with Crippen LogP contribution in [0.4, 0.5) is 0 Å². The Morgan fingerprint density at radius 2 is 1.52 bits per heavy atom. The molecule has 0 aliphatic heterocycles. The number of benzene rings is 3. The lowest BCUT2D eigenvalue weighted by Gasteiger charge is -2.08. The molecule has 3 aromatic carbocycles. The van der Waals surface area contributed by atoms with E-state index in [0.717, 1.165) is 17.1 Å². The van der Waals surface area contributed by atoms with Crippen LogP contribution in [0.25, 0.3) is 10.8 Å².